The van der Waals surface area contributed by atoms with Crippen LogP contribution in [0.2, 0.25) is 5.02 Å². The van der Waals surface area contributed by atoms with Crippen molar-refractivity contribution in [2.24, 2.45) is 10.5 Å². The number of halogens is 1. The zero-order chi connectivity index (χ0) is 26.4. The molecule has 3 aromatic heterocycles. The summed E-state index contributed by atoms with van der Waals surface area (Å²) in [6.45, 7) is 2.69. The normalized spacial score (nSPS) is 21.8. The van der Waals surface area contributed by atoms with Crippen molar-refractivity contribution in [2.45, 2.75) is 38.5 Å². The topological polar surface area (TPSA) is 113 Å². The number of hydrogen-bond acceptors (Lipinski definition) is 9. The largest absolute Gasteiger partial charge is 0.373 e. The lowest BCUT2D eigenvalue weighted by molar-refractivity contribution is -0.155. The summed E-state index contributed by atoms with van der Waals surface area (Å²) in [4.78, 5) is 7.02. The van der Waals surface area contributed by atoms with Crippen molar-refractivity contribution in [3.63, 3.8) is 0 Å². The van der Waals surface area contributed by atoms with Gasteiger partial charge in [-0.2, -0.15) is 10.4 Å². The molecule has 5 heterocycles. The molecule has 11 heteroatoms. The quantitative estimate of drug-likeness (QED) is 0.347. The van der Waals surface area contributed by atoms with E-state index >= 15 is 0 Å². The second-order valence-electron chi connectivity index (χ2n) is 10.1. The second kappa shape index (κ2) is 9.93. The number of nitrogens with zero attached hydrogens (tertiary/aromatic N) is 6. The molecule has 0 saturated carbocycles. The number of nitrogens with one attached hydrogen (secondary N) is 1. The minimum absolute atomic E-state index is 0.370. The van der Waals surface area contributed by atoms with Gasteiger partial charge in [-0.1, -0.05) is 11.6 Å². The zero-order valence-corrected chi connectivity index (χ0v) is 22.5. The van der Waals surface area contributed by atoms with Gasteiger partial charge < -0.3 is 20.1 Å². The van der Waals surface area contributed by atoms with Crippen LogP contribution in [0.1, 0.15) is 17.7 Å². The second-order valence-corrected chi connectivity index (χ2v) is 11.6. The summed E-state index contributed by atoms with van der Waals surface area (Å²) in [5.74, 6) is 0. The summed E-state index contributed by atoms with van der Waals surface area (Å²) in [5.41, 5.74) is 3.51. The predicted octanol–water partition coefficient (Wildman–Crippen LogP) is 3.79. The Labute approximate surface area is 229 Å². The van der Waals surface area contributed by atoms with Crippen LogP contribution in [0.5, 0.6) is 0 Å². The fraction of sp³-hybridized carbons (Fsp3) is 0.370. The number of aliphatic hydroxyl groups is 2. The minimum atomic E-state index is -1.04. The maximum absolute atomic E-state index is 10.5. The van der Waals surface area contributed by atoms with Crippen LogP contribution in [-0.4, -0.2) is 68.6 Å². The molecule has 1 aromatic carbocycles. The van der Waals surface area contributed by atoms with Gasteiger partial charge in [-0.05, 0) is 63.3 Å². The van der Waals surface area contributed by atoms with Gasteiger partial charge in [0.05, 0.1) is 40.0 Å². The molecule has 38 heavy (non-hydrogen) atoms. The van der Waals surface area contributed by atoms with Gasteiger partial charge >= 0.3 is 0 Å². The number of hydrogen-bond donors (Lipinski definition) is 3. The Hall–Kier alpha value is -3.04. The van der Waals surface area contributed by atoms with Crippen LogP contribution < -0.4 is 5.32 Å². The molecule has 2 aliphatic rings. The molecule has 9 nitrogen and oxygen atoms in total. The van der Waals surface area contributed by atoms with Gasteiger partial charge in [0, 0.05) is 45.4 Å². The van der Waals surface area contributed by atoms with Crippen LogP contribution in [-0.2, 0) is 13.1 Å². The van der Waals surface area contributed by atoms with Crippen molar-refractivity contribution in [1.29, 1.82) is 5.26 Å². The molecule has 2 atom stereocenters. The van der Waals surface area contributed by atoms with E-state index in [4.69, 9.17) is 11.6 Å². The lowest BCUT2D eigenvalue weighted by atomic mass is 9.80. The highest BCUT2D eigenvalue weighted by molar-refractivity contribution is 7.19. The maximum Gasteiger partial charge on any atom is 0.204 e. The number of nitriles is 1. The fourth-order valence-electron chi connectivity index (χ4n) is 5.40. The number of hydrazone groups is 1. The van der Waals surface area contributed by atoms with Gasteiger partial charge in [0.1, 0.15) is 6.23 Å². The Morgan fingerprint density at radius 1 is 1.21 bits per heavy atom. The van der Waals surface area contributed by atoms with Crippen LogP contribution in [0.4, 0.5) is 0 Å². The highest BCUT2D eigenvalue weighted by Gasteiger charge is 2.33. The Kier molecular flexibility index (Phi) is 6.60. The summed E-state index contributed by atoms with van der Waals surface area (Å²) in [6, 6.07) is 12.7. The van der Waals surface area contributed by atoms with Crippen LogP contribution in [0.25, 0.3) is 32.2 Å². The molecular weight excluding hydrogens is 522 g/mol. The Morgan fingerprint density at radius 2 is 2.03 bits per heavy atom. The van der Waals surface area contributed by atoms with E-state index in [1.54, 1.807) is 24.6 Å². The van der Waals surface area contributed by atoms with Gasteiger partial charge in [-0.15, -0.1) is 11.3 Å². The van der Waals surface area contributed by atoms with Crippen molar-refractivity contribution < 1.29 is 10.2 Å². The molecule has 0 amide bonds. The van der Waals surface area contributed by atoms with Gasteiger partial charge in [0.25, 0.3) is 0 Å². The maximum atomic E-state index is 10.5. The number of piperidine rings is 1. The fourth-order valence-corrected chi connectivity index (χ4v) is 6.76. The molecule has 6 rings (SSSR count). The Bertz CT molecular complexity index is 1570. The molecule has 2 unspecified atom stereocenters. The summed E-state index contributed by atoms with van der Waals surface area (Å²) < 4.78 is 3.22. The molecule has 2 aliphatic heterocycles. The lowest BCUT2D eigenvalue weighted by Crippen LogP contribution is -2.52. The van der Waals surface area contributed by atoms with Crippen molar-refractivity contribution in [2.75, 3.05) is 20.1 Å². The summed E-state index contributed by atoms with van der Waals surface area (Å²) in [7, 11) is 1.64. The third-order valence-corrected chi connectivity index (χ3v) is 8.92. The van der Waals surface area contributed by atoms with E-state index in [9.17, 15) is 15.5 Å². The van der Waals surface area contributed by atoms with E-state index in [0.29, 0.717) is 18.1 Å². The number of thiophene rings is 1. The monoisotopic (exact) mass is 549 g/mol. The van der Waals surface area contributed by atoms with Crippen molar-refractivity contribution in [3.8, 4) is 17.2 Å². The first-order chi connectivity index (χ1) is 18.4. The number of fused-ring (bicyclic) bond motifs is 2. The molecule has 0 spiro atoms. The standard InChI is InChI=1S/C27H28ClN7O2S/c1-33-23(36)13-32-35(26(33)37)14-19-12-22-25(38-19)20(2-6-31-22)21-11-18(28)10-17-3-9-34(24(17)21)16-27(15-29)4-7-30-8-5-27/h2-3,6,9-13,23,26,30,36-37H,4-5,7-8,14,16H2,1H3. The first-order valence-corrected chi connectivity index (χ1v) is 13.7. The molecule has 1 fully saturated rings. The third kappa shape index (κ3) is 4.45. The molecule has 3 N–H and O–H groups in total. The number of pyridine rings is 1. The van der Waals surface area contributed by atoms with Gasteiger partial charge in [-0.25, -0.2) is 4.90 Å². The number of benzene rings is 1. The molecule has 4 aromatic rings. The van der Waals surface area contributed by atoms with Gasteiger partial charge in [-0.3, -0.25) is 9.99 Å². The third-order valence-electron chi connectivity index (χ3n) is 7.56. The van der Waals surface area contributed by atoms with Crippen molar-refractivity contribution in [3.05, 3.63) is 52.6 Å². The molecular formula is C27H28ClN7O2S. The van der Waals surface area contributed by atoms with Crippen molar-refractivity contribution in [1.82, 2.24) is 24.8 Å². The molecule has 1 saturated heterocycles. The zero-order valence-electron chi connectivity index (χ0n) is 20.9. The van der Waals surface area contributed by atoms with E-state index in [2.05, 4.69) is 38.3 Å². The SMILES string of the molecule is CN1C(O)C=NN(Cc2cc3nccc(-c4cc(Cl)cc5ccn(CC6(C#N)CCNCC6)c45)c3s2)C1O. The van der Waals surface area contributed by atoms with E-state index in [1.165, 1.54) is 16.1 Å². The molecule has 0 aliphatic carbocycles. The van der Waals surface area contributed by atoms with Crippen LogP contribution in [0.3, 0.4) is 0 Å². The minimum Gasteiger partial charge on any atom is -0.373 e. The van der Waals surface area contributed by atoms with Crippen LogP contribution >= 0.6 is 22.9 Å². The van der Waals surface area contributed by atoms with Crippen molar-refractivity contribution >= 4 is 50.3 Å². The Balaban J connectivity index is 1.42. The smallest absolute Gasteiger partial charge is 0.204 e. The first-order valence-electron chi connectivity index (χ1n) is 12.5. The highest BCUT2D eigenvalue weighted by Crippen LogP contribution is 2.41. The lowest BCUT2D eigenvalue weighted by Gasteiger charge is -2.36. The molecule has 196 valence electrons. The molecule has 0 radical (unpaired) electrons. The van der Waals surface area contributed by atoms with Gasteiger partial charge in [0.2, 0.25) is 6.35 Å². The number of aliphatic hydroxyl groups excluding tert-OH is 2. The molecule has 0 bridgehead atoms. The summed E-state index contributed by atoms with van der Waals surface area (Å²) >= 11 is 8.19. The van der Waals surface area contributed by atoms with Gasteiger partial charge in [0.15, 0.2) is 0 Å². The number of rotatable bonds is 5. The average Bonchev–Trinajstić information content (AvgIpc) is 3.52. The van der Waals surface area contributed by atoms with Crippen LogP contribution in [0, 0.1) is 16.7 Å². The van der Waals surface area contributed by atoms with E-state index in [-0.39, 0.29) is 0 Å². The predicted molar refractivity (Wildman–Crippen MR) is 150 cm³/mol. The van der Waals surface area contributed by atoms with E-state index in [1.807, 2.05) is 24.3 Å². The van der Waals surface area contributed by atoms with E-state index in [0.717, 1.165) is 63.1 Å². The highest BCUT2D eigenvalue weighted by atomic mass is 35.5. The summed E-state index contributed by atoms with van der Waals surface area (Å²) in [6.07, 6.45) is 4.93. The first kappa shape index (κ1) is 25.2. The average molecular weight is 550 g/mol. The Morgan fingerprint density at radius 3 is 2.82 bits per heavy atom. The summed E-state index contributed by atoms with van der Waals surface area (Å²) in [5, 5.41) is 41.3. The number of aromatic nitrogens is 2. The van der Waals surface area contributed by atoms with Crippen LogP contribution in [0.15, 0.2) is 47.8 Å². The van der Waals surface area contributed by atoms with E-state index < -0.39 is 18.0 Å².